The van der Waals surface area contributed by atoms with E-state index in [1.165, 1.54) is 12.8 Å². The third-order valence-electron chi connectivity index (χ3n) is 4.30. The van der Waals surface area contributed by atoms with E-state index in [1.807, 2.05) is 11.9 Å². The maximum atomic E-state index is 12.7. The van der Waals surface area contributed by atoms with Crippen molar-refractivity contribution < 1.29 is 9.53 Å². The number of hydrogen-bond acceptors (Lipinski definition) is 3. The Kier molecular flexibility index (Phi) is 5.22. The molecule has 2 atom stereocenters. The lowest BCUT2D eigenvalue weighted by atomic mass is 10.0. The van der Waals surface area contributed by atoms with Crippen LogP contribution in [0.5, 0.6) is 0 Å². The molecule has 0 N–H and O–H groups in total. The van der Waals surface area contributed by atoms with Crippen molar-refractivity contribution in [1.29, 1.82) is 0 Å². The molecule has 2 fully saturated rings. The summed E-state index contributed by atoms with van der Waals surface area (Å²) in [5.74, 6) is 0.643. The maximum Gasteiger partial charge on any atom is 0.240 e. The molecule has 2 aliphatic heterocycles. The summed E-state index contributed by atoms with van der Waals surface area (Å²) in [5, 5.41) is 0. The van der Waals surface area contributed by atoms with E-state index in [0.29, 0.717) is 5.92 Å². The van der Waals surface area contributed by atoms with Crippen molar-refractivity contribution in [2.24, 2.45) is 5.92 Å². The standard InChI is InChI=1S/C15H28N2O2/c1-12(2)14(17-8-4-5-9-17)15(18)16(3)11-13-7-6-10-19-13/h12-14H,4-11H2,1-3H3/t13-,14+/m0/s1. The highest BCUT2D eigenvalue weighted by atomic mass is 16.5. The van der Waals surface area contributed by atoms with Crippen molar-refractivity contribution in [1.82, 2.24) is 9.80 Å². The van der Waals surface area contributed by atoms with Gasteiger partial charge in [0.2, 0.25) is 5.91 Å². The highest BCUT2D eigenvalue weighted by Crippen LogP contribution is 2.20. The molecular weight excluding hydrogens is 240 g/mol. The normalized spacial score (nSPS) is 26.0. The van der Waals surface area contributed by atoms with Gasteiger partial charge in [0.05, 0.1) is 12.1 Å². The predicted octanol–water partition coefficient (Wildman–Crippen LogP) is 1.74. The molecule has 2 rings (SSSR count). The third kappa shape index (κ3) is 3.69. The molecule has 1 amide bonds. The van der Waals surface area contributed by atoms with Gasteiger partial charge in [-0.2, -0.15) is 0 Å². The lowest BCUT2D eigenvalue weighted by molar-refractivity contribution is -0.138. The van der Waals surface area contributed by atoms with Crippen LogP contribution in [-0.2, 0) is 9.53 Å². The minimum atomic E-state index is 0.0499. The summed E-state index contributed by atoms with van der Waals surface area (Å²) in [7, 11) is 1.93. The number of carbonyl (C=O) groups is 1. The molecule has 2 saturated heterocycles. The zero-order chi connectivity index (χ0) is 13.8. The quantitative estimate of drug-likeness (QED) is 0.761. The van der Waals surface area contributed by atoms with E-state index in [0.717, 1.165) is 39.1 Å². The second kappa shape index (κ2) is 6.71. The summed E-state index contributed by atoms with van der Waals surface area (Å²) >= 11 is 0. The van der Waals surface area contributed by atoms with Gasteiger partial charge < -0.3 is 9.64 Å². The SMILES string of the molecule is CC(C)[C@H](C(=O)N(C)C[C@@H]1CCCO1)N1CCCC1. The number of likely N-dealkylation sites (N-methyl/N-ethyl adjacent to an activating group) is 1. The monoisotopic (exact) mass is 268 g/mol. The maximum absolute atomic E-state index is 12.7. The van der Waals surface area contributed by atoms with E-state index < -0.39 is 0 Å². The molecule has 19 heavy (non-hydrogen) atoms. The highest BCUT2D eigenvalue weighted by molar-refractivity contribution is 5.82. The van der Waals surface area contributed by atoms with Crippen LogP contribution in [0.25, 0.3) is 0 Å². The molecule has 110 valence electrons. The average Bonchev–Trinajstić information content (AvgIpc) is 3.01. The molecule has 0 aromatic heterocycles. The van der Waals surface area contributed by atoms with Gasteiger partial charge in [-0.25, -0.2) is 0 Å². The van der Waals surface area contributed by atoms with Gasteiger partial charge in [-0.05, 0) is 44.7 Å². The van der Waals surface area contributed by atoms with Gasteiger partial charge in [-0.1, -0.05) is 13.8 Å². The van der Waals surface area contributed by atoms with Crippen molar-refractivity contribution in [3.05, 3.63) is 0 Å². The smallest absolute Gasteiger partial charge is 0.240 e. The fraction of sp³-hybridized carbons (Fsp3) is 0.933. The number of amides is 1. The molecule has 4 heteroatoms. The third-order valence-corrected chi connectivity index (χ3v) is 4.30. The number of nitrogens with zero attached hydrogens (tertiary/aromatic N) is 2. The topological polar surface area (TPSA) is 32.8 Å². The van der Waals surface area contributed by atoms with E-state index >= 15 is 0 Å². The summed E-state index contributed by atoms with van der Waals surface area (Å²) in [6.07, 6.45) is 4.93. The summed E-state index contributed by atoms with van der Waals surface area (Å²) in [5.41, 5.74) is 0. The van der Waals surface area contributed by atoms with Crippen molar-refractivity contribution in [2.45, 2.75) is 51.7 Å². The number of rotatable bonds is 5. The summed E-state index contributed by atoms with van der Waals surface area (Å²) in [6, 6.07) is 0.0499. The Morgan fingerprint density at radius 2 is 2.00 bits per heavy atom. The Balaban J connectivity index is 1.93. The van der Waals surface area contributed by atoms with E-state index in [2.05, 4.69) is 18.7 Å². The molecule has 0 unspecified atom stereocenters. The van der Waals surface area contributed by atoms with Gasteiger partial charge in [-0.15, -0.1) is 0 Å². The molecule has 0 bridgehead atoms. The van der Waals surface area contributed by atoms with Crippen LogP contribution in [0, 0.1) is 5.92 Å². The van der Waals surface area contributed by atoms with Gasteiger partial charge in [0.25, 0.3) is 0 Å². The zero-order valence-electron chi connectivity index (χ0n) is 12.6. The Bertz CT molecular complexity index is 295. The highest BCUT2D eigenvalue weighted by Gasteiger charge is 2.33. The van der Waals surface area contributed by atoms with Gasteiger partial charge in [0, 0.05) is 20.2 Å². The van der Waals surface area contributed by atoms with Crippen LogP contribution in [0.4, 0.5) is 0 Å². The zero-order valence-corrected chi connectivity index (χ0v) is 12.6. The molecule has 0 aromatic carbocycles. The Labute approximate surface area is 117 Å². The number of likely N-dealkylation sites (tertiary alicyclic amines) is 1. The second-order valence-electron chi connectivity index (χ2n) is 6.29. The number of carbonyl (C=O) groups excluding carboxylic acids is 1. The fourth-order valence-electron chi connectivity index (χ4n) is 3.29. The van der Waals surface area contributed by atoms with Gasteiger partial charge in [-0.3, -0.25) is 9.69 Å². The van der Waals surface area contributed by atoms with Crippen LogP contribution in [0.15, 0.2) is 0 Å². The lowest BCUT2D eigenvalue weighted by Crippen LogP contribution is -2.50. The Morgan fingerprint density at radius 3 is 2.53 bits per heavy atom. The number of hydrogen-bond donors (Lipinski definition) is 0. The van der Waals surface area contributed by atoms with Crippen LogP contribution >= 0.6 is 0 Å². The van der Waals surface area contributed by atoms with Crippen molar-refractivity contribution in [3.8, 4) is 0 Å². The molecule has 0 saturated carbocycles. The first-order valence-electron chi connectivity index (χ1n) is 7.70. The first-order valence-corrected chi connectivity index (χ1v) is 7.70. The van der Waals surface area contributed by atoms with E-state index in [4.69, 9.17) is 4.74 Å². The lowest BCUT2D eigenvalue weighted by Gasteiger charge is -2.33. The molecule has 0 spiro atoms. The first kappa shape index (κ1) is 14.8. The predicted molar refractivity (Wildman–Crippen MR) is 76.0 cm³/mol. The molecular formula is C15H28N2O2. The molecule has 4 nitrogen and oxygen atoms in total. The summed E-state index contributed by atoms with van der Waals surface area (Å²) in [6.45, 7) is 8.05. The van der Waals surface area contributed by atoms with Crippen LogP contribution in [0.1, 0.15) is 39.5 Å². The number of ether oxygens (including phenoxy) is 1. The van der Waals surface area contributed by atoms with Crippen LogP contribution in [0.3, 0.4) is 0 Å². The molecule has 2 aliphatic rings. The summed E-state index contributed by atoms with van der Waals surface area (Å²) in [4.78, 5) is 16.9. The molecule has 2 heterocycles. The summed E-state index contributed by atoms with van der Waals surface area (Å²) < 4.78 is 5.63. The molecule has 0 aliphatic carbocycles. The van der Waals surface area contributed by atoms with E-state index in [1.54, 1.807) is 0 Å². The van der Waals surface area contributed by atoms with Gasteiger partial charge >= 0.3 is 0 Å². The van der Waals surface area contributed by atoms with Crippen molar-refractivity contribution in [2.75, 3.05) is 33.3 Å². The minimum Gasteiger partial charge on any atom is -0.376 e. The van der Waals surface area contributed by atoms with Crippen LogP contribution < -0.4 is 0 Å². The second-order valence-corrected chi connectivity index (χ2v) is 6.29. The minimum absolute atomic E-state index is 0.0499. The van der Waals surface area contributed by atoms with Crippen LogP contribution in [-0.4, -0.2) is 61.1 Å². The van der Waals surface area contributed by atoms with Gasteiger partial charge in [0.15, 0.2) is 0 Å². The van der Waals surface area contributed by atoms with E-state index in [-0.39, 0.29) is 18.1 Å². The Hall–Kier alpha value is -0.610. The largest absolute Gasteiger partial charge is 0.376 e. The molecule has 0 aromatic rings. The Morgan fingerprint density at radius 1 is 1.32 bits per heavy atom. The van der Waals surface area contributed by atoms with Crippen LogP contribution in [0.2, 0.25) is 0 Å². The average molecular weight is 268 g/mol. The van der Waals surface area contributed by atoms with E-state index in [9.17, 15) is 4.79 Å². The van der Waals surface area contributed by atoms with Crippen molar-refractivity contribution in [3.63, 3.8) is 0 Å². The van der Waals surface area contributed by atoms with Gasteiger partial charge in [0.1, 0.15) is 0 Å². The van der Waals surface area contributed by atoms with Crippen molar-refractivity contribution >= 4 is 5.91 Å². The first-order chi connectivity index (χ1) is 9.09. The molecule has 0 radical (unpaired) electrons. The fourth-order valence-corrected chi connectivity index (χ4v) is 3.29.